The summed E-state index contributed by atoms with van der Waals surface area (Å²) in [5, 5.41) is 0.144. The molecular formula is C13H16BrCl3N2. The topological polar surface area (TPSA) is 16.1 Å². The van der Waals surface area contributed by atoms with Gasteiger partial charge in [-0.2, -0.15) is 0 Å². The largest absolute Gasteiger partial charge is 0.373 e. The molecule has 0 saturated carbocycles. The number of hydrogen-bond donors (Lipinski definition) is 0. The molecular weight excluding hydrogens is 370 g/mol. The number of aromatic nitrogens is 1. The van der Waals surface area contributed by atoms with Crippen LogP contribution >= 0.6 is 52.3 Å². The molecule has 0 amide bonds. The molecule has 2 unspecified atom stereocenters. The number of rotatable bonds is 1. The van der Waals surface area contributed by atoms with Crippen molar-refractivity contribution in [2.45, 2.75) is 18.2 Å². The van der Waals surface area contributed by atoms with E-state index in [2.05, 4.69) is 31.9 Å². The normalized spacial score (nSPS) is 26.8. The van der Waals surface area contributed by atoms with Crippen LogP contribution in [0.15, 0.2) is 28.5 Å². The molecule has 19 heavy (non-hydrogen) atoms. The average Bonchev–Trinajstić information content (AvgIpc) is 2.70. The Bertz CT molecular complexity index is 467. The average molecular weight is 387 g/mol. The van der Waals surface area contributed by atoms with Crippen LogP contribution in [-0.2, 0) is 0 Å². The van der Waals surface area contributed by atoms with Crippen molar-refractivity contribution in [3.05, 3.63) is 34.2 Å². The third-order valence-corrected chi connectivity index (χ3v) is 4.66. The highest BCUT2D eigenvalue weighted by Crippen LogP contribution is 2.37. The first-order valence-corrected chi connectivity index (χ1v) is 7.18. The zero-order valence-electron chi connectivity index (χ0n) is 10.3. The third kappa shape index (κ3) is 3.57. The lowest BCUT2D eigenvalue weighted by molar-refractivity contribution is 0.341. The zero-order chi connectivity index (χ0) is 11.8. The molecule has 0 aliphatic carbocycles. The van der Waals surface area contributed by atoms with Crippen molar-refractivity contribution in [1.82, 2.24) is 9.88 Å². The van der Waals surface area contributed by atoms with E-state index in [0.717, 1.165) is 29.1 Å². The Morgan fingerprint density at radius 1 is 1.42 bits per heavy atom. The summed E-state index contributed by atoms with van der Waals surface area (Å²) in [7, 11) is 0. The van der Waals surface area contributed by atoms with Gasteiger partial charge in [-0.3, -0.25) is 4.98 Å². The molecule has 0 N–H and O–H groups in total. The van der Waals surface area contributed by atoms with Crippen molar-refractivity contribution < 1.29 is 0 Å². The van der Waals surface area contributed by atoms with Gasteiger partial charge in [-0.25, -0.2) is 0 Å². The summed E-state index contributed by atoms with van der Waals surface area (Å²) in [6.07, 6.45) is 6.33. The van der Waals surface area contributed by atoms with Gasteiger partial charge in [-0.1, -0.05) is 0 Å². The van der Waals surface area contributed by atoms with Gasteiger partial charge >= 0.3 is 0 Å². The highest BCUT2D eigenvalue weighted by molar-refractivity contribution is 9.10. The fourth-order valence-electron chi connectivity index (χ4n) is 2.70. The van der Waals surface area contributed by atoms with Crippen molar-refractivity contribution in [1.29, 1.82) is 0 Å². The molecule has 2 atom stereocenters. The van der Waals surface area contributed by atoms with E-state index in [0.29, 0.717) is 0 Å². The van der Waals surface area contributed by atoms with E-state index in [1.807, 2.05) is 18.3 Å². The minimum Gasteiger partial charge on any atom is -0.373 e. The highest BCUT2D eigenvalue weighted by Gasteiger charge is 2.34. The van der Waals surface area contributed by atoms with Crippen LogP contribution in [0.2, 0.25) is 0 Å². The highest BCUT2D eigenvalue weighted by atomic mass is 79.9. The Morgan fingerprint density at radius 3 is 2.95 bits per heavy atom. The SMILES string of the molecule is Cl.Cl.ClC1CC2CCN(C2)C1=Cc1ncccc1Br. The minimum atomic E-state index is 0. The molecule has 3 rings (SSSR count). The van der Waals surface area contributed by atoms with E-state index >= 15 is 0 Å². The first-order valence-electron chi connectivity index (χ1n) is 5.95. The van der Waals surface area contributed by atoms with Crippen LogP contribution in [0, 0.1) is 5.92 Å². The second kappa shape index (κ2) is 7.16. The Balaban J connectivity index is 0.000000902. The van der Waals surface area contributed by atoms with Crippen molar-refractivity contribution in [2.75, 3.05) is 13.1 Å². The van der Waals surface area contributed by atoms with E-state index in [9.17, 15) is 0 Å². The smallest absolute Gasteiger partial charge is 0.0789 e. The Kier molecular flexibility index (Phi) is 6.44. The number of fused-ring (bicyclic) bond motifs is 2. The Hall–Kier alpha value is 0.0400. The molecule has 1 aromatic rings. The number of hydrogen-bond acceptors (Lipinski definition) is 2. The predicted molar refractivity (Wildman–Crippen MR) is 88.3 cm³/mol. The van der Waals surface area contributed by atoms with Gasteiger partial charge in [0.25, 0.3) is 0 Å². The summed E-state index contributed by atoms with van der Waals surface area (Å²) in [4.78, 5) is 6.79. The number of nitrogens with zero attached hydrogens (tertiary/aromatic N) is 2. The lowest BCUT2D eigenvalue weighted by atomic mass is 9.98. The number of alkyl halides is 1. The van der Waals surface area contributed by atoms with Crippen LogP contribution in [0.25, 0.3) is 6.08 Å². The number of halogens is 4. The van der Waals surface area contributed by atoms with Crippen LogP contribution in [0.5, 0.6) is 0 Å². The van der Waals surface area contributed by atoms with Crippen LogP contribution in [0.1, 0.15) is 18.5 Å². The molecule has 3 heterocycles. The van der Waals surface area contributed by atoms with Gasteiger partial charge in [0, 0.05) is 29.5 Å². The van der Waals surface area contributed by atoms with E-state index < -0.39 is 0 Å². The van der Waals surface area contributed by atoms with E-state index in [1.165, 1.54) is 18.7 Å². The molecule has 2 aliphatic heterocycles. The molecule has 2 saturated heterocycles. The van der Waals surface area contributed by atoms with Crippen LogP contribution in [-0.4, -0.2) is 28.4 Å². The zero-order valence-corrected chi connectivity index (χ0v) is 14.2. The molecule has 2 nitrogen and oxygen atoms in total. The van der Waals surface area contributed by atoms with E-state index in [1.54, 1.807) is 0 Å². The summed E-state index contributed by atoms with van der Waals surface area (Å²) in [5.74, 6) is 0.793. The molecule has 6 heteroatoms. The van der Waals surface area contributed by atoms with Crippen molar-refractivity contribution >= 4 is 58.4 Å². The Morgan fingerprint density at radius 2 is 2.21 bits per heavy atom. The molecule has 106 valence electrons. The maximum atomic E-state index is 6.46. The maximum Gasteiger partial charge on any atom is 0.0789 e. The minimum absolute atomic E-state index is 0. The van der Waals surface area contributed by atoms with Crippen LogP contribution in [0.3, 0.4) is 0 Å². The Labute approximate surface area is 139 Å². The van der Waals surface area contributed by atoms with Gasteiger partial charge < -0.3 is 4.90 Å². The summed E-state index contributed by atoms with van der Waals surface area (Å²) < 4.78 is 1.03. The summed E-state index contributed by atoms with van der Waals surface area (Å²) in [6, 6.07) is 3.94. The van der Waals surface area contributed by atoms with Gasteiger partial charge in [-0.15, -0.1) is 36.4 Å². The second-order valence-electron chi connectivity index (χ2n) is 4.74. The fourth-order valence-corrected chi connectivity index (χ4v) is 3.52. The number of pyridine rings is 1. The van der Waals surface area contributed by atoms with Gasteiger partial charge in [0.05, 0.1) is 11.1 Å². The van der Waals surface area contributed by atoms with E-state index in [4.69, 9.17) is 11.6 Å². The van der Waals surface area contributed by atoms with Gasteiger partial charge in [0.2, 0.25) is 0 Å². The lowest BCUT2D eigenvalue weighted by Gasteiger charge is -2.31. The molecule has 1 aromatic heterocycles. The molecule has 2 fully saturated rings. The lowest BCUT2D eigenvalue weighted by Crippen LogP contribution is -2.31. The van der Waals surface area contributed by atoms with Crippen molar-refractivity contribution in [3.63, 3.8) is 0 Å². The number of piperidine rings is 1. The van der Waals surface area contributed by atoms with E-state index in [-0.39, 0.29) is 30.2 Å². The van der Waals surface area contributed by atoms with Crippen LogP contribution < -0.4 is 0 Å². The molecule has 0 spiro atoms. The first kappa shape index (κ1) is 17.1. The monoisotopic (exact) mass is 384 g/mol. The van der Waals surface area contributed by atoms with Crippen molar-refractivity contribution in [2.24, 2.45) is 5.92 Å². The van der Waals surface area contributed by atoms with Gasteiger partial charge in [-0.05, 0) is 52.9 Å². The molecule has 0 aromatic carbocycles. The first-order chi connectivity index (χ1) is 8.24. The second-order valence-corrected chi connectivity index (χ2v) is 6.12. The third-order valence-electron chi connectivity index (χ3n) is 3.58. The number of allylic oxidation sites excluding steroid dienone is 1. The van der Waals surface area contributed by atoms with Crippen LogP contribution in [0.4, 0.5) is 0 Å². The quantitative estimate of drug-likeness (QED) is 0.667. The summed E-state index contributed by atoms with van der Waals surface area (Å²) in [6.45, 7) is 2.31. The molecule has 2 aliphatic rings. The summed E-state index contributed by atoms with van der Waals surface area (Å²) in [5.41, 5.74) is 2.21. The van der Waals surface area contributed by atoms with Gasteiger partial charge in [0.1, 0.15) is 0 Å². The summed E-state index contributed by atoms with van der Waals surface area (Å²) >= 11 is 9.99. The predicted octanol–water partition coefficient (Wildman–Crippen LogP) is 4.36. The molecule has 0 radical (unpaired) electrons. The maximum absolute atomic E-state index is 6.46. The standard InChI is InChI=1S/C13H14BrClN2.2ClH/c14-10-2-1-4-16-12(10)7-13-11(15)6-9-3-5-17(13)8-9;;/h1-2,4,7,9,11H,3,5-6,8H2;2*1H. The van der Waals surface area contributed by atoms with Crippen molar-refractivity contribution in [3.8, 4) is 0 Å². The fraction of sp³-hybridized carbons (Fsp3) is 0.462. The molecule has 2 bridgehead atoms. The van der Waals surface area contributed by atoms with Gasteiger partial charge in [0.15, 0.2) is 0 Å².